The quantitative estimate of drug-likeness (QED) is 0.735. The minimum atomic E-state index is -0.715. The molecule has 0 bridgehead atoms. The summed E-state index contributed by atoms with van der Waals surface area (Å²) in [7, 11) is 1.48. The molecule has 0 spiro atoms. The van der Waals surface area contributed by atoms with Crippen molar-refractivity contribution in [2.75, 3.05) is 26.7 Å². The van der Waals surface area contributed by atoms with Gasteiger partial charge in [-0.1, -0.05) is 18.2 Å². The van der Waals surface area contributed by atoms with E-state index in [2.05, 4.69) is 16.9 Å². The van der Waals surface area contributed by atoms with Crippen LogP contribution in [0.15, 0.2) is 43.1 Å². The molecule has 7 nitrogen and oxygen atoms in total. The van der Waals surface area contributed by atoms with Crippen LogP contribution in [0.25, 0.3) is 11.1 Å². The Balaban J connectivity index is 2.10. The van der Waals surface area contributed by atoms with Gasteiger partial charge in [0.25, 0.3) is 5.91 Å². The van der Waals surface area contributed by atoms with Gasteiger partial charge < -0.3 is 15.1 Å². The van der Waals surface area contributed by atoms with Crippen LogP contribution in [0.5, 0.6) is 0 Å². The van der Waals surface area contributed by atoms with E-state index >= 15 is 4.39 Å². The van der Waals surface area contributed by atoms with Crippen LogP contribution in [0.2, 0.25) is 5.02 Å². The Labute approximate surface area is 184 Å². The zero-order valence-electron chi connectivity index (χ0n) is 17.2. The van der Waals surface area contributed by atoms with Gasteiger partial charge in [-0.25, -0.2) is 4.39 Å². The van der Waals surface area contributed by atoms with Gasteiger partial charge in [0, 0.05) is 56.0 Å². The number of nitrogens with one attached hydrogen (secondary N) is 1. The summed E-state index contributed by atoms with van der Waals surface area (Å²) >= 11 is 6.31. The van der Waals surface area contributed by atoms with Crippen LogP contribution < -0.4 is 5.32 Å². The average molecular weight is 445 g/mol. The molecule has 9 heteroatoms. The van der Waals surface area contributed by atoms with Crippen LogP contribution in [0.1, 0.15) is 29.0 Å². The Kier molecular flexibility index (Phi) is 6.70. The van der Waals surface area contributed by atoms with Gasteiger partial charge in [0.15, 0.2) is 0 Å². The van der Waals surface area contributed by atoms with Crippen LogP contribution in [-0.4, -0.2) is 59.2 Å². The van der Waals surface area contributed by atoms with Crippen molar-refractivity contribution in [3.63, 3.8) is 0 Å². The lowest BCUT2D eigenvalue weighted by molar-refractivity contribution is -0.139. The van der Waals surface area contributed by atoms with Crippen LogP contribution in [0.3, 0.4) is 0 Å². The number of rotatable bonds is 4. The smallest absolute Gasteiger partial charge is 0.269 e. The fraction of sp³-hybridized carbons (Fsp3) is 0.273. The summed E-state index contributed by atoms with van der Waals surface area (Å²) < 4.78 is 15.7. The third kappa shape index (κ3) is 4.59. The number of piperazine rings is 1. The zero-order chi connectivity index (χ0) is 22.7. The predicted molar refractivity (Wildman–Crippen MR) is 115 cm³/mol. The van der Waals surface area contributed by atoms with Crippen molar-refractivity contribution in [2.24, 2.45) is 0 Å². The fourth-order valence-corrected chi connectivity index (χ4v) is 3.90. The Morgan fingerprint density at radius 3 is 2.68 bits per heavy atom. The number of halogens is 2. The SMILES string of the molecule is C=CC(=O)N1CCN(C(C)=O)C(c2cc(Cl)cc(-c3ccnc(C(=O)NC)c3)c2F)C1. The number of carbonyl (C=O) groups excluding carboxylic acids is 3. The highest BCUT2D eigenvalue weighted by Gasteiger charge is 2.34. The number of hydrogen-bond donors (Lipinski definition) is 1. The van der Waals surface area contributed by atoms with Crippen molar-refractivity contribution >= 4 is 29.3 Å². The summed E-state index contributed by atoms with van der Waals surface area (Å²) in [6.45, 7) is 5.60. The molecular weight excluding hydrogens is 423 g/mol. The molecule has 31 heavy (non-hydrogen) atoms. The Hall–Kier alpha value is -3.26. The molecule has 3 amide bonds. The van der Waals surface area contributed by atoms with Crippen LogP contribution in [-0.2, 0) is 9.59 Å². The molecule has 2 aromatic rings. The normalized spacial score (nSPS) is 16.1. The van der Waals surface area contributed by atoms with Gasteiger partial charge in [-0.3, -0.25) is 19.4 Å². The molecular formula is C22H22ClFN4O3. The van der Waals surface area contributed by atoms with Crippen molar-refractivity contribution in [1.82, 2.24) is 20.1 Å². The highest BCUT2D eigenvalue weighted by Crippen LogP contribution is 2.35. The van der Waals surface area contributed by atoms with Crippen molar-refractivity contribution in [2.45, 2.75) is 13.0 Å². The Morgan fingerprint density at radius 2 is 2.03 bits per heavy atom. The molecule has 1 atom stereocenters. The molecule has 1 aliphatic rings. The number of pyridine rings is 1. The molecule has 1 saturated heterocycles. The van der Waals surface area contributed by atoms with E-state index in [0.717, 1.165) is 0 Å². The largest absolute Gasteiger partial charge is 0.354 e. The van der Waals surface area contributed by atoms with Crippen molar-refractivity contribution in [3.8, 4) is 11.1 Å². The van der Waals surface area contributed by atoms with Gasteiger partial charge >= 0.3 is 0 Å². The van der Waals surface area contributed by atoms with Gasteiger partial charge in [0.2, 0.25) is 11.8 Å². The summed E-state index contributed by atoms with van der Waals surface area (Å²) in [5.74, 6) is -1.51. The topological polar surface area (TPSA) is 82.6 Å². The molecule has 1 aliphatic heterocycles. The maximum atomic E-state index is 15.7. The van der Waals surface area contributed by atoms with Crippen molar-refractivity contribution in [1.29, 1.82) is 0 Å². The van der Waals surface area contributed by atoms with Gasteiger partial charge in [0.1, 0.15) is 11.5 Å². The van der Waals surface area contributed by atoms with E-state index in [0.29, 0.717) is 12.1 Å². The highest BCUT2D eigenvalue weighted by atomic mass is 35.5. The molecule has 1 aromatic carbocycles. The maximum absolute atomic E-state index is 15.7. The van der Waals surface area contributed by atoms with Crippen molar-refractivity contribution < 1.29 is 18.8 Å². The average Bonchev–Trinajstić information content (AvgIpc) is 2.78. The van der Waals surface area contributed by atoms with Crippen LogP contribution in [0.4, 0.5) is 4.39 Å². The zero-order valence-corrected chi connectivity index (χ0v) is 17.9. The van der Waals surface area contributed by atoms with Gasteiger partial charge in [-0.05, 0) is 35.9 Å². The van der Waals surface area contributed by atoms with E-state index in [-0.39, 0.29) is 46.7 Å². The standard InChI is InChI=1S/C22H22ClFN4O3/c1-4-20(30)27-7-8-28(13(2)29)19(12-27)17-11-15(23)10-16(21(17)24)14-5-6-26-18(9-14)22(31)25-3/h4-6,9-11,19H,1,7-8,12H2,2-3H3,(H,25,31). The molecule has 0 aliphatic carbocycles. The van der Waals surface area contributed by atoms with E-state index in [1.54, 1.807) is 6.07 Å². The first kappa shape index (κ1) is 22.4. The van der Waals surface area contributed by atoms with E-state index in [9.17, 15) is 14.4 Å². The Morgan fingerprint density at radius 1 is 1.29 bits per heavy atom. The number of aromatic nitrogens is 1. The lowest BCUT2D eigenvalue weighted by Crippen LogP contribution is -2.51. The first-order valence-corrected chi connectivity index (χ1v) is 10.0. The number of nitrogens with zero attached hydrogens (tertiary/aromatic N) is 3. The molecule has 3 rings (SSSR count). The lowest BCUT2D eigenvalue weighted by Gasteiger charge is -2.41. The fourth-order valence-electron chi connectivity index (χ4n) is 3.67. The monoisotopic (exact) mass is 444 g/mol. The number of amides is 3. The molecule has 162 valence electrons. The summed E-state index contributed by atoms with van der Waals surface area (Å²) in [6.07, 6.45) is 2.60. The van der Waals surface area contributed by atoms with E-state index in [1.807, 2.05) is 0 Å². The van der Waals surface area contributed by atoms with E-state index in [4.69, 9.17) is 11.6 Å². The lowest BCUT2D eigenvalue weighted by atomic mass is 9.95. The minimum absolute atomic E-state index is 0.112. The number of hydrogen-bond acceptors (Lipinski definition) is 4. The molecule has 1 unspecified atom stereocenters. The van der Waals surface area contributed by atoms with Crippen molar-refractivity contribution in [3.05, 3.63) is 65.2 Å². The molecule has 1 aromatic heterocycles. The molecule has 2 heterocycles. The summed E-state index contributed by atoms with van der Waals surface area (Å²) in [5.41, 5.74) is 0.911. The summed E-state index contributed by atoms with van der Waals surface area (Å²) in [6, 6.07) is 5.24. The molecule has 0 radical (unpaired) electrons. The van der Waals surface area contributed by atoms with Crippen LogP contribution >= 0.6 is 11.6 Å². The first-order chi connectivity index (χ1) is 14.8. The second-order valence-corrected chi connectivity index (χ2v) is 7.52. The summed E-state index contributed by atoms with van der Waals surface area (Å²) in [4.78, 5) is 43.3. The molecule has 0 saturated carbocycles. The third-order valence-corrected chi connectivity index (χ3v) is 5.44. The molecule has 1 fully saturated rings. The first-order valence-electron chi connectivity index (χ1n) is 9.62. The predicted octanol–water partition coefficient (Wildman–Crippen LogP) is 2.82. The number of benzene rings is 1. The second kappa shape index (κ2) is 9.26. The maximum Gasteiger partial charge on any atom is 0.269 e. The van der Waals surface area contributed by atoms with Gasteiger partial charge in [-0.15, -0.1) is 0 Å². The molecule has 1 N–H and O–H groups in total. The minimum Gasteiger partial charge on any atom is -0.354 e. The van der Waals surface area contributed by atoms with Crippen LogP contribution in [0, 0.1) is 5.82 Å². The highest BCUT2D eigenvalue weighted by molar-refractivity contribution is 6.31. The third-order valence-electron chi connectivity index (χ3n) is 5.23. The second-order valence-electron chi connectivity index (χ2n) is 7.08. The number of carbonyl (C=O) groups is 3. The Bertz CT molecular complexity index is 1060. The van der Waals surface area contributed by atoms with E-state index in [1.165, 1.54) is 54.2 Å². The van der Waals surface area contributed by atoms with Gasteiger partial charge in [0.05, 0.1) is 6.04 Å². The van der Waals surface area contributed by atoms with Gasteiger partial charge in [-0.2, -0.15) is 0 Å². The van der Waals surface area contributed by atoms with E-state index < -0.39 is 17.8 Å². The summed E-state index contributed by atoms with van der Waals surface area (Å²) in [5, 5.41) is 2.74.